The summed E-state index contributed by atoms with van der Waals surface area (Å²) in [6.45, 7) is 3.96. The van der Waals surface area contributed by atoms with Crippen LogP contribution >= 0.6 is 11.3 Å². The number of nitrogens with two attached hydrogens (primary N) is 1. The molecule has 0 bridgehead atoms. The fraction of sp³-hybridized carbons (Fsp3) is 0.522. The number of thiazole rings is 1. The molecule has 0 amide bonds. The van der Waals surface area contributed by atoms with E-state index in [1.54, 1.807) is 18.2 Å². The summed E-state index contributed by atoms with van der Waals surface area (Å²) in [7, 11) is -3.95. The molecule has 0 spiro atoms. The molecule has 1 fully saturated rings. The molecule has 15 nitrogen and oxygen atoms in total. The third kappa shape index (κ3) is 8.56. The van der Waals surface area contributed by atoms with Crippen LogP contribution in [0.5, 0.6) is 5.75 Å². The molecular weight excluding hydrogens is 576 g/mol. The fourth-order valence-corrected chi connectivity index (χ4v) is 5.43. The molecule has 2 N–H and O–H groups in total. The van der Waals surface area contributed by atoms with Crippen LogP contribution in [0, 0.1) is 0 Å². The summed E-state index contributed by atoms with van der Waals surface area (Å²) in [5.41, 5.74) is 0.426. The molecule has 1 aromatic carbocycles. The van der Waals surface area contributed by atoms with Gasteiger partial charge in [0.2, 0.25) is 4.34 Å². The molecule has 0 unspecified atom stereocenters. The van der Waals surface area contributed by atoms with Crippen molar-refractivity contribution in [2.45, 2.75) is 62.7 Å². The molecule has 0 aliphatic carbocycles. The Kier molecular flexibility index (Phi) is 10.4. The van der Waals surface area contributed by atoms with Crippen LogP contribution in [0.25, 0.3) is 10.2 Å². The Morgan fingerprint density at radius 2 is 1.55 bits per heavy atom. The highest BCUT2D eigenvalue weighted by molar-refractivity contribution is 7.91. The summed E-state index contributed by atoms with van der Waals surface area (Å²) in [6.07, 6.45) is -6.49. The molecule has 3 rings (SSSR count). The van der Waals surface area contributed by atoms with Crippen molar-refractivity contribution >= 4 is 55.5 Å². The Bertz CT molecular complexity index is 1360. The molecule has 40 heavy (non-hydrogen) atoms. The number of benzene rings is 1. The summed E-state index contributed by atoms with van der Waals surface area (Å²) in [5.74, 6) is -2.54. The molecule has 1 aliphatic rings. The first-order chi connectivity index (χ1) is 18.7. The number of ether oxygens (including phenoxy) is 7. The Balaban J connectivity index is 1.75. The number of rotatable bonds is 11. The van der Waals surface area contributed by atoms with Crippen LogP contribution in [-0.4, -0.2) is 87.8 Å². The van der Waals surface area contributed by atoms with E-state index in [0.29, 0.717) is 16.0 Å². The minimum atomic E-state index is -3.95. The number of primary sulfonamides is 1. The molecule has 1 aromatic heterocycles. The van der Waals surface area contributed by atoms with E-state index >= 15 is 0 Å². The maximum atomic E-state index is 11.9. The van der Waals surface area contributed by atoms with Gasteiger partial charge in [0.25, 0.3) is 10.0 Å². The minimum Gasteiger partial charge on any atom is -0.491 e. The van der Waals surface area contributed by atoms with Crippen molar-refractivity contribution in [1.29, 1.82) is 0 Å². The van der Waals surface area contributed by atoms with Crippen molar-refractivity contribution in [2.75, 3.05) is 19.8 Å². The number of aromatic nitrogens is 1. The number of sulfonamides is 1. The molecule has 2 heterocycles. The SMILES string of the molecule is CC(=O)OC[C@H]1O[C@@H](OCCOc2ccc3nc(S(N)(=O)=O)sc3c2)[C@H](OC(C)=O)[C@@H](OC(C)=O)[C@@H]1OC(C)=O. The fourth-order valence-electron chi connectivity index (χ4n) is 3.74. The highest BCUT2D eigenvalue weighted by Gasteiger charge is 2.52. The second kappa shape index (κ2) is 13.3. The number of nitrogens with zero attached hydrogens (tertiary/aromatic N) is 1. The average Bonchev–Trinajstić information content (AvgIpc) is 3.27. The second-order valence-corrected chi connectivity index (χ2v) is 11.2. The van der Waals surface area contributed by atoms with E-state index in [2.05, 4.69) is 4.98 Å². The quantitative estimate of drug-likeness (QED) is 0.210. The van der Waals surface area contributed by atoms with Gasteiger partial charge in [0.1, 0.15) is 25.1 Å². The Hall–Kier alpha value is -3.38. The third-order valence-electron chi connectivity index (χ3n) is 5.17. The monoisotopic (exact) mass is 604 g/mol. The van der Waals surface area contributed by atoms with E-state index < -0.39 is 64.6 Å². The van der Waals surface area contributed by atoms with Gasteiger partial charge in [-0.05, 0) is 18.2 Å². The zero-order chi connectivity index (χ0) is 29.6. The van der Waals surface area contributed by atoms with Crippen LogP contribution < -0.4 is 9.88 Å². The van der Waals surface area contributed by atoms with Crippen LogP contribution in [0.3, 0.4) is 0 Å². The number of esters is 4. The topological polar surface area (TPSA) is 206 Å². The lowest BCUT2D eigenvalue weighted by molar-refractivity contribution is -0.308. The van der Waals surface area contributed by atoms with Gasteiger partial charge in [-0.1, -0.05) is 0 Å². The summed E-state index contributed by atoms with van der Waals surface area (Å²) >= 11 is 0.885. The van der Waals surface area contributed by atoms with E-state index in [1.807, 2.05) is 0 Å². The normalized spacial score (nSPS) is 22.8. The van der Waals surface area contributed by atoms with Gasteiger partial charge in [0.15, 0.2) is 24.6 Å². The lowest BCUT2D eigenvalue weighted by atomic mass is 9.98. The number of fused-ring (bicyclic) bond motifs is 1. The van der Waals surface area contributed by atoms with E-state index in [1.165, 1.54) is 6.92 Å². The molecule has 5 atom stereocenters. The van der Waals surface area contributed by atoms with Crippen molar-refractivity contribution in [3.8, 4) is 5.75 Å². The molecule has 220 valence electrons. The standard InChI is InChI=1S/C23H28N2O13S2/c1-11(26)34-10-17-19(35-12(2)27)20(36-13(3)28)21(37-14(4)29)22(38-17)33-8-7-32-15-5-6-16-18(9-15)39-23(25-16)40(24,30)31/h5-6,9,17,19-22H,7-8,10H2,1-4H3,(H2,24,30,31)/t17-,19-,20+,21-,22-/m1/s1. The first-order valence-electron chi connectivity index (χ1n) is 11.7. The minimum absolute atomic E-state index is 0.0424. The van der Waals surface area contributed by atoms with Crippen molar-refractivity contribution in [2.24, 2.45) is 5.14 Å². The third-order valence-corrected chi connectivity index (χ3v) is 7.50. The van der Waals surface area contributed by atoms with E-state index in [0.717, 1.165) is 32.1 Å². The zero-order valence-corrected chi connectivity index (χ0v) is 23.5. The van der Waals surface area contributed by atoms with Gasteiger partial charge < -0.3 is 33.2 Å². The van der Waals surface area contributed by atoms with Gasteiger partial charge in [0.05, 0.1) is 16.8 Å². The second-order valence-electron chi connectivity index (χ2n) is 8.44. The molecule has 17 heteroatoms. The van der Waals surface area contributed by atoms with Gasteiger partial charge in [-0.25, -0.2) is 18.5 Å². The molecule has 0 saturated carbocycles. The van der Waals surface area contributed by atoms with Gasteiger partial charge >= 0.3 is 23.9 Å². The maximum absolute atomic E-state index is 11.9. The zero-order valence-electron chi connectivity index (χ0n) is 21.9. The Labute approximate surface area is 232 Å². The van der Waals surface area contributed by atoms with Crippen molar-refractivity contribution in [3.05, 3.63) is 18.2 Å². The molecular formula is C23H28N2O13S2. The smallest absolute Gasteiger partial charge is 0.303 e. The van der Waals surface area contributed by atoms with Gasteiger partial charge in [-0.3, -0.25) is 19.2 Å². The van der Waals surface area contributed by atoms with Crippen LogP contribution in [0.1, 0.15) is 27.7 Å². The van der Waals surface area contributed by atoms with Crippen molar-refractivity contribution in [1.82, 2.24) is 4.98 Å². The molecule has 1 aliphatic heterocycles. The van der Waals surface area contributed by atoms with E-state index in [-0.39, 0.29) is 24.2 Å². The van der Waals surface area contributed by atoms with Gasteiger partial charge in [-0.2, -0.15) is 0 Å². The Morgan fingerprint density at radius 3 is 2.15 bits per heavy atom. The van der Waals surface area contributed by atoms with Crippen molar-refractivity contribution in [3.63, 3.8) is 0 Å². The number of hydrogen-bond donors (Lipinski definition) is 1. The van der Waals surface area contributed by atoms with Gasteiger partial charge in [0, 0.05) is 27.7 Å². The predicted octanol–water partition coefficient (Wildman–Crippen LogP) is 0.422. The highest BCUT2D eigenvalue weighted by Crippen LogP contribution is 2.31. The predicted molar refractivity (Wildman–Crippen MR) is 134 cm³/mol. The maximum Gasteiger partial charge on any atom is 0.303 e. The Morgan fingerprint density at radius 1 is 0.925 bits per heavy atom. The van der Waals surface area contributed by atoms with Crippen LogP contribution in [0.15, 0.2) is 22.5 Å². The first kappa shape index (κ1) is 31.2. The highest BCUT2D eigenvalue weighted by atomic mass is 32.2. The summed E-state index contributed by atoms with van der Waals surface area (Å²) in [4.78, 5) is 50.9. The lowest BCUT2D eigenvalue weighted by Crippen LogP contribution is -2.63. The average molecular weight is 605 g/mol. The number of carbonyl (C=O) groups is 4. The number of hydrogen-bond acceptors (Lipinski definition) is 15. The van der Waals surface area contributed by atoms with Crippen LogP contribution in [0.2, 0.25) is 0 Å². The van der Waals surface area contributed by atoms with E-state index in [4.69, 9.17) is 38.3 Å². The molecule has 2 aromatic rings. The number of carbonyl (C=O) groups excluding carboxylic acids is 4. The summed E-state index contributed by atoms with van der Waals surface area (Å²) in [5, 5.41) is 5.13. The first-order valence-corrected chi connectivity index (χ1v) is 14.1. The van der Waals surface area contributed by atoms with E-state index in [9.17, 15) is 27.6 Å². The molecule has 1 saturated heterocycles. The van der Waals surface area contributed by atoms with Crippen LogP contribution in [0.4, 0.5) is 0 Å². The largest absolute Gasteiger partial charge is 0.491 e. The van der Waals surface area contributed by atoms with Gasteiger partial charge in [-0.15, -0.1) is 11.3 Å². The lowest BCUT2D eigenvalue weighted by Gasteiger charge is -2.44. The van der Waals surface area contributed by atoms with Crippen molar-refractivity contribution < 1.29 is 60.8 Å². The molecule has 0 radical (unpaired) electrons. The summed E-state index contributed by atoms with van der Waals surface area (Å²) in [6, 6.07) is 4.72. The summed E-state index contributed by atoms with van der Waals surface area (Å²) < 4.78 is 61.7. The van der Waals surface area contributed by atoms with Crippen LogP contribution in [-0.2, 0) is 57.6 Å².